The predicted molar refractivity (Wildman–Crippen MR) is 123 cm³/mol. The molecule has 0 spiro atoms. The summed E-state index contributed by atoms with van der Waals surface area (Å²) in [5, 5.41) is 0. The minimum absolute atomic E-state index is 0. The summed E-state index contributed by atoms with van der Waals surface area (Å²) in [5.74, 6) is 0.112. The molecule has 16 heteroatoms. The van der Waals surface area contributed by atoms with Crippen molar-refractivity contribution in [1.82, 2.24) is 9.80 Å². The van der Waals surface area contributed by atoms with Gasteiger partial charge >= 0.3 is 0 Å². The summed E-state index contributed by atoms with van der Waals surface area (Å²) >= 11 is 0. The molecule has 0 N–H and O–H groups in total. The van der Waals surface area contributed by atoms with Crippen molar-refractivity contribution in [2.24, 2.45) is 5.92 Å². The van der Waals surface area contributed by atoms with E-state index in [-0.39, 0.29) is 329 Å². The van der Waals surface area contributed by atoms with Crippen LogP contribution in [0.25, 0.3) is 0 Å². The standard InChI is InChI=1S/2C7H13NO.2C2H6.4CH3.10W.2Y/c1-6(7(2)9)5-8(3)4;1-5-7(6(2)9)8(3)4;2*1-2;;;;;;;;;;;;;;;;/h6H,1,3,5H2,2,4H3;7H,1,3,5H2,2,4H3;2*1-2H3;4*1H3;;;;;;;;;;;;/q2*-2;;;4*-1;;;;;;;;;;;;/t6-;7-;;;;;;;;;;;;;;;;;;/m01................../s1. The maximum atomic E-state index is 10.7. The first-order chi connectivity index (χ1) is 10.1. The van der Waals surface area contributed by atoms with E-state index in [9.17, 15) is 9.59 Å². The average molecular weight is 2390 g/mol. The Labute approximate surface area is 436 Å². The third-order valence-electron chi connectivity index (χ3n) is 2.38. The first-order valence-electron chi connectivity index (χ1n) is 7.81. The van der Waals surface area contributed by atoms with Gasteiger partial charge in [0.05, 0.1) is 0 Å². The van der Waals surface area contributed by atoms with Crippen LogP contribution in [-0.2, 0) is 286 Å². The van der Waals surface area contributed by atoms with E-state index in [1.54, 1.807) is 30.7 Å². The molecule has 0 aliphatic carbocycles. The van der Waals surface area contributed by atoms with Gasteiger partial charge in [-0.25, -0.2) is 0 Å². The Balaban J connectivity index is -0.00000000607. The second kappa shape index (κ2) is 111. The van der Waals surface area contributed by atoms with Crippen LogP contribution in [-0.4, -0.2) is 48.0 Å². The molecule has 0 unspecified atom stereocenters. The smallest absolute Gasteiger partial charge is 0.141 e. The van der Waals surface area contributed by atoms with Crippen LogP contribution in [0.1, 0.15) is 48.0 Å². The van der Waals surface area contributed by atoms with E-state index in [1.165, 1.54) is 0 Å². The number of hydrogen-bond donors (Lipinski definition) is 0. The fraction of sp³-hybridized carbons (Fsp3) is 0.545. The Morgan fingerprint density at radius 2 is 0.842 bits per heavy atom. The van der Waals surface area contributed by atoms with Crippen molar-refractivity contribution in [2.45, 2.75) is 54.0 Å². The van der Waals surface area contributed by atoms with E-state index in [4.69, 9.17) is 0 Å². The van der Waals surface area contributed by atoms with Gasteiger partial charge < -0.3 is 58.1 Å². The summed E-state index contributed by atoms with van der Waals surface area (Å²) in [5.41, 5.74) is 0. The number of Topliss-reactive ketones (excluding diaryl/α,β-unsaturated/α-hetero) is 2. The van der Waals surface area contributed by atoms with Gasteiger partial charge in [0.1, 0.15) is 11.6 Å². The predicted octanol–water partition coefficient (Wildman–Crippen LogP) is 5.46. The molecule has 38 heavy (non-hydrogen) atoms. The molecule has 0 saturated carbocycles. The van der Waals surface area contributed by atoms with E-state index in [0.29, 0.717) is 13.0 Å². The quantitative estimate of drug-likeness (QED) is 0.332. The summed E-state index contributed by atoms with van der Waals surface area (Å²) in [6, 6.07) is -0.106. The van der Waals surface area contributed by atoms with Crippen LogP contribution in [0.2, 0.25) is 0 Å². The van der Waals surface area contributed by atoms with Gasteiger partial charge in [0.2, 0.25) is 0 Å². The number of hydrogen-bond acceptors (Lipinski definition) is 4. The number of nitrogens with zero attached hydrogens (tertiary/aromatic N) is 2. The molecule has 0 amide bonds. The van der Waals surface area contributed by atoms with Gasteiger partial charge in [0.15, 0.2) is 0 Å². The SMILES string of the molecule is CC.CC.[CH2-]C[C@H](C(C)=O)N([CH2-])C.[CH2-][C@@H](CN([CH2-])C)C(C)=O.[CH3-].[CH3-].[CH3-].[CH3-].[W].[W].[W].[W].[W].[W].[W].[W].[W].[W].[Y].[Y]. The minimum Gasteiger partial charge on any atom is -0.463 e. The molecule has 0 aliphatic rings. The number of rotatable bonds is 6. The summed E-state index contributed by atoms with van der Waals surface area (Å²) in [6.45, 7) is 19.0. The van der Waals surface area contributed by atoms with Crippen LogP contribution in [0, 0.1) is 63.6 Å². The normalized spacial score (nSPS) is 6.89. The van der Waals surface area contributed by atoms with Crippen LogP contribution < -0.4 is 0 Å². The van der Waals surface area contributed by atoms with Crippen molar-refractivity contribution < 1.29 is 286 Å². The Morgan fingerprint density at radius 1 is 0.632 bits per heavy atom. The van der Waals surface area contributed by atoms with Crippen LogP contribution in [0.3, 0.4) is 0 Å². The molecule has 2 atom stereocenters. The number of ketones is 2. The number of likely N-dealkylation sites (N-methyl/N-ethyl adjacent to an activating group) is 1. The van der Waals surface area contributed by atoms with Gasteiger partial charge in [0, 0.05) is 282 Å². The van der Waals surface area contributed by atoms with Gasteiger partial charge in [-0.15, -0.1) is 0 Å². The Hall–Kier alpha value is 8.35. The molecule has 4 nitrogen and oxygen atoms in total. The van der Waals surface area contributed by atoms with Crippen LogP contribution in [0.15, 0.2) is 0 Å². The molecule has 0 aromatic carbocycles. The molecule has 2 radical (unpaired) electrons. The van der Waals surface area contributed by atoms with E-state index in [0.717, 1.165) is 0 Å². The number of carbonyl (C=O) groups excluding carboxylic acids is 2. The van der Waals surface area contributed by atoms with Crippen molar-refractivity contribution >= 4 is 11.6 Å². The average Bonchev–Trinajstić information content (AvgIpc) is 2.43. The van der Waals surface area contributed by atoms with E-state index in [1.807, 2.05) is 34.7 Å². The second-order valence-electron chi connectivity index (χ2n) is 4.52. The summed E-state index contributed by atoms with van der Waals surface area (Å²) < 4.78 is 0. The van der Waals surface area contributed by atoms with Gasteiger partial charge in [-0.1, -0.05) is 33.6 Å². The maximum Gasteiger partial charge on any atom is 0.141 e. The summed E-state index contributed by atoms with van der Waals surface area (Å²) in [6.07, 6.45) is 0.593. The van der Waals surface area contributed by atoms with Crippen molar-refractivity contribution in [2.75, 3.05) is 20.6 Å². The van der Waals surface area contributed by atoms with Crippen LogP contribution >= 0.6 is 0 Å². The molecule has 0 saturated heterocycles. The van der Waals surface area contributed by atoms with Gasteiger partial charge in [-0.05, 0) is 34.5 Å². The Kier molecular flexibility index (Phi) is 401. The van der Waals surface area contributed by atoms with Crippen molar-refractivity contribution in [1.29, 1.82) is 0 Å². The summed E-state index contributed by atoms with van der Waals surface area (Å²) in [7, 11) is 10.8. The van der Waals surface area contributed by atoms with Crippen molar-refractivity contribution in [3.05, 3.63) is 57.6 Å². The first-order valence-corrected chi connectivity index (χ1v) is 7.81. The zero-order valence-corrected chi connectivity index (χ0v) is 60.4. The first kappa shape index (κ1) is 137. The molecule has 0 heterocycles. The van der Waals surface area contributed by atoms with Crippen LogP contribution in [0.5, 0.6) is 0 Å². The van der Waals surface area contributed by atoms with E-state index < -0.39 is 0 Å². The zero-order valence-electron chi connectivity index (χ0n) is 25.3. The Bertz CT molecular complexity index is 295. The fourth-order valence-electron chi connectivity index (χ4n) is 1.24. The van der Waals surface area contributed by atoms with Gasteiger partial charge in [-0.3, -0.25) is 18.9 Å². The molecule has 0 fully saturated rings. The number of carbonyl (C=O) groups is 2. The van der Waals surface area contributed by atoms with Crippen molar-refractivity contribution in [3.63, 3.8) is 0 Å². The van der Waals surface area contributed by atoms with Gasteiger partial charge in [0.25, 0.3) is 0 Å². The molecule has 0 rings (SSSR count). The van der Waals surface area contributed by atoms with E-state index >= 15 is 0 Å². The van der Waals surface area contributed by atoms with Crippen LogP contribution in [0.4, 0.5) is 0 Å². The molecule has 0 bridgehead atoms. The monoisotopic (exact) mass is 2390 g/mol. The Morgan fingerprint density at radius 3 is 0.868 bits per heavy atom. The van der Waals surface area contributed by atoms with Gasteiger partial charge in [-0.2, -0.15) is 6.42 Å². The zero-order chi connectivity index (χ0) is 18.9. The molecular weight excluding hydrogens is 2340 g/mol. The van der Waals surface area contributed by atoms with Crippen molar-refractivity contribution in [3.8, 4) is 0 Å². The molecular formula is C22H50N2O2W10Y2-8. The fourth-order valence-corrected chi connectivity index (χ4v) is 1.24. The molecule has 0 aliphatic heterocycles. The second-order valence-corrected chi connectivity index (χ2v) is 4.52. The molecule has 234 valence electrons. The topological polar surface area (TPSA) is 40.6 Å². The third kappa shape index (κ3) is 120. The summed E-state index contributed by atoms with van der Waals surface area (Å²) in [4.78, 5) is 24.6. The molecule has 0 aromatic rings. The minimum atomic E-state index is -0.132. The molecule has 0 aromatic heterocycles. The van der Waals surface area contributed by atoms with E-state index in [2.05, 4.69) is 27.9 Å². The third-order valence-corrected chi connectivity index (χ3v) is 2.38. The largest absolute Gasteiger partial charge is 0.463 e. The maximum absolute atomic E-state index is 10.7.